The number of hydrogen-bond acceptors (Lipinski definition) is 2. The van der Waals surface area contributed by atoms with Crippen molar-refractivity contribution in [2.75, 3.05) is 0 Å². The second kappa shape index (κ2) is 3.62. The maximum atomic E-state index is 12.1. The summed E-state index contributed by atoms with van der Waals surface area (Å²) in [6.07, 6.45) is 0.496. The highest BCUT2D eigenvalue weighted by atomic mass is 16.5. The monoisotopic (exact) mass is 218 g/mol. The van der Waals surface area contributed by atoms with E-state index in [1.807, 2.05) is 20.8 Å². The number of carbonyl (C=O) groups is 1. The normalized spacial score (nSPS) is 19.3. The van der Waals surface area contributed by atoms with Gasteiger partial charge >= 0.3 is 0 Å². The summed E-state index contributed by atoms with van der Waals surface area (Å²) in [7, 11) is 0. The Morgan fingerprint density at radius 3 is 2.19 bits per heavy atom. The molecule has 0 saturated carbocycles. The fraction of sp³-hybridized carbons (Fsp3) is 0.500. The van der Waals surface area contributed by atoms with Gasteiger partial charge in [-0.25, -0.2) is 0 Å². The lowest BCUT2D eigenvalue weighted by molar-refractivity contribution is 0.0868. The molecule has 0 spiro atoms. The molecule has 16 heavy (non-hydrogen) atoms. The predicted octanol–water partition coefficient (Wildman–Crippen LogP) is 3.27. The van der Waals surface area contributed by atoms with Crippen molar-refractivity contribution in [1.82, 2.24) is 0 Å². The minimum Gasteiger partial charge on any atom is -0.489 e. The Labute approximate surface area is 96.6 Å². The first kappa shape index (κ1) is 11.2. The average Bonchev–Trinajstić information content (AvgIpc) is 2.22. The van der Waals surface area contributed by atoms with E-state index in [0.717, 1.165) is 22.4 Å². The first-order chi connectivity index (χ1) is 7.43. The Morgan fingerprint density at radius 2 is 1.56 bits per heavy atom. The van der Waals surface area contributed by atoms with E-state index in [1.54, 1.807) is 0 Å². The van der Waals surface area contributed by atoms with Crippen LogP contribution in [0.1, 0.15) is 46.0 Å². The lowest BCUT2D eigenvalue weighted by Gasteiger charge is -2.27. The van der Waals surface area contributed by atoms with E-state index in [2.05, 4.69) is 13.8 Å². The number of hydrogen-bond donors (Lipinski definition) is 0. The summed E-state index contributed by atoms with van der Waals surface area (Å²) in [5, 5.41) is 0. The summed E-state index contributed by atoms with van der Waals surface area (Å²) >= 11 is 0. The molecule has 0 fully saturated rings. The molecule has 1 unspecified atom stereocenters. The van der Waals surface area contributed by atoms with Gasteiger partial charge in [-0.3, -0.25) is 4.79 Å². The third-order valence-electron chi connectivity index (χ3n) is 3.70. The molecule has 2 rings (SSSR count). The van der Waals surface area contributed by atoms with E-state index in [1.165, 1.54) is 11.1 Å². The highest BCUT2D eigenvalue weighted by molar-refractivity contribution is 6.02. The maximum Gasteiger partial charge on any atom is 0.170 e. The minimum absolute atomic E-state index is 0.000191. The number of ketones is 1. The number of rotatable bonds is 0. The average molecular weight is 218 g/mol. The van der Waals surface area contributed by atoms with Crippen molar-refractivity contribution in [1.29, 1.82) is 0 Å². The third kappa shape index (κ3) is 1.44. The number of benzene rings is 1. The molecule has 0 radical (unpaired) electrons. The molecular weight excluding hydrogens is 200 g/mol. The zero-order valence-corrected chi connectivity index (χ0v) is 10.6. The van der Waals surface area contributed by atoms with E-state index in [9.17, 15) is 4.79 Å². The Kier molecular flexibility index (Phi) is 2.53. The van der Waals surface area contributed by atoms with Crippen LogP contribution in [-0.2, 0) is 0 Å². The first-order valence-corrected chi connectivity index (χ1v) is 5.73. The van der Waals surface area contributed by atoms with Gasteiger partial charge in [0.25, 0.3) is 0 Å². The molecule has 1 aromatic rings. The second-order valence-corrected chi connectivity index (χ2v) is 4.76. The second-order valence-electron chi connectivity index (χ2n) is 4.76. The highest BCUT2D eigenvalue weighted by Crippen LogP contribution is 2.37. The maximum absolute atomic E-state index is 12.1. The van der Waals surface area contributed by atoms with Crippen LogP contribution in [0.25, 0.3) is 0 Å². The van der Waals surface area contributed by atoms with Crippen molar-refractivity contribution in [2.45, 2.75) is 47.1 Å². The molecule has 0 aliphatic carbocycles. The van der Waals surface area contributed by atoms with E-state index in [4.69, 9.17) is 4.74 Å². The number of ether oxygens (including phenoxy) is 1. The van der Waals surface area contributed by atoms with E-state index >= 15 is 0 Å². The van der Waals surface area contributed by atoms with Crippen LogP contribution in [0, 0.1) is 27.7 Å². The van der Waals surface area contributed by atoms with Crippen molar-refractivity contribution < 1.29 is 9.53 Å². The van der Waals surface area contributed by atoms with E-state index < -0.39 is 0 Å². The summed E-state index contributed by atoms with van der Waals surface area (Å²) in [4.78, 5) is 12.1. The molecule has 1 heterocycles. The third-order valence-corrected chi connectivity index (χ3v) is 3.70. The van der Waals surface area contributed by atoms with Crippen LogP contribution >= 0.6 is 0 Å². The zero-order chi connectivity index (χ0) is 12.0. The van der Waals surface area contributed by atoms with Gasteiger partial charge in [0.2, 0.25) is 0 Å². The van der Waals surface area contributed by atoms with Gasteiger partial charge in [-0.05, 0) is 56.9 Å². The van der Waals surface area contributed by atoms with Crippen LogP contribution in [0.15, 0.2) is 0 Å². The predicted molar refractivity (Wildman–Crippen MR) is 64.4 cm³/mol. The lowest BCUT2D eigenvalue weighted by atomic mass is 9.88. The van der Waals surface area contributed by atoms with Crippen molar-refractivity contribution >= 4 is 5.78 Å². The highest BCUT2D eigenvalue weighted by Gasteiger charge is 2.28. The fourth-order valence-corrected chi connectivity index (χ4v) is 2.37. The molecule has 0 amide bonds. The van der Waals surface area contributed by atoms with Crippen LogP contribution in [0.2, 0.25) is 0 Å². The molecular formula is C14H18O2. The minimum atomic E-state index is 0.000191. The number of Topliss-reactive ketones (excluding diaryl/α,β-unsaturated/α-hetero) is 1. The van der Waals surface area contributed by atoms with Crippen LogP contribution in [0.5, 0.6) is 5.75 Å². The summed E-state index contributed by atoms with van der Waals surface area (Å²) < 4.78 is 5.83. The fourth-order valence-electron chi connectivity index (χ4n) is 2.37. The zero-order valence-electron chi connectivity index (χ0n) is 10.6. The van der Waals surface area contributed by atoms with E-state index in [-0.39, 0.29) is 11.9 Å². The molecule has 2 nitrogen and oxygen atoms in total. The largest absolute Gasteiger partial charge is 0.489 e. The molecule has 0 saturated heterocycles. The van der Waals surface area contributed by atoms with Gasteiger partial charge in [-0.15, -0.1) is 0 Å². The van der Waals surface area contributed by atoms with Crippen molar-refractivity contribution in [3.8, 4) is 5.75 Å². The van der Waals surface area contributed by atoms with Crippen LogP contribution in [-0.4, -0.2) is 11.9 Å². The number of carbonyl (C=O) groups excluding carboxylic acids is 1. The van der Waals surface area contributed by atoms with Crippen molar-refractivity contribution in [3.63, 3.8) is 0 Å². The molecule has 0 bridgehead atoms. The standard InChI is InChI=1S/C14H18O2/c1-7-6-12(15)13-10(4)8(2)9(3)11(5)14(13)16-7/h7H,6H2,1-5H3. The van der Waals surface area contributed by atoms with Crippen LogP contribution in [0.4, 0.5) is 0 Å². The molecule has 2 heteroatoms. The van der Waals surface area contributed by atoms with Gasteiger partial charge in [0.05, 0.1) is 5.56 Å². The van der Waals surface area contributed by atoms with E-state index in [0.29, 0.717) is 6.42 Å². The lowest BCUT2D eigenvalue weighted by Crippen LogP contribution is -2.26. The smallest absolute Gasteiger partial charge is 0.170 e. The molecule has 0 aromatic heterocycles. The molecule has 1 aliphatic heterocycles. The van der Waals surface area contributed by atoms with Crippen molar-refractivity contribution in [2.24, 2.45) is 0 Å². The summed E-state index contributed by atoms with van der Waals surface area (Å²) in [5.74, 6) is 1.03. The van der Waals surface area contributed by atoms with Crippen LogP contribution in [0.3, 0.4) is 0 Å². The van der Waals surface area contributed by atoms with Gasteiger partial charge < -0.3 is 4.74 Å². The van der Waals surface area contributed by atoms with Crippen LogP contribution < -0.4 is 4.74 Å². The Balaban J connectivity index is 2.76. The topological polar surface area (TPSA) is 26.3 Å². The SMILES string of the molecule is Cc1c(C)c(C)c2c(c1C)OC(C)CC2=O. The quantitative estimate of drug-likeness (QED) is 0.668. The van der Waals surface area contributed by atoms with Gasteiger partial charge in [0.1, 0.15) is 11.9 Å². The molecule has 1 aromatic carbocycles. The Morgan fingerprint density at radius 1 is 1.00 bits per heavy atom. The molecule has 0 N–H and O–H groups in total. The Bertz CT molecular complexity index is 472. The first-order valence-electron chi connectivity index (χ1n) is 5.73. The molecule has 1 atom stereocenters. The van der Waals surface area contributed by atoms with Gasteiger partial charge in [0.15, 0.2) is 5.78 Å². The summed E-state index contributed by atoms with van der Waals surface area (Å²) in [5.41, 5.74) is 5.44. The summed E-state index contributed by atoms with van der Waals surface area (Å²) in [6.45, 7) is 10.2. The molecule has 86 valence electrons. The summed E-state index contributed by atoms with van der Waals surface area (Å²) in [6, 6.07) is 0. The number of fused-ring (bicyclic) bond motifs is 1. The van der Waals surface area contributed by atoms with Gasteiger partial charge in [-0.1, -0.05) is 0 Å². The molecule has 1 aliphatic rings. The van der Waals surface area contributed by atoms with Gasteiger partial charge in [0, 0.05) is 6.42 Å². The van der Waals surface area contributed by atoms with Gasteiger partial charge in [-0.2, -0.15) is 0 Å². The van der Waals surface area contributed by atoms with Crippen molar-refractivity contribution in [3.05, 3.63) is 27.8 Å². The Hall–Kier alpha value is -1.31.